The maximum absolute atomic E-state index is 12.3. The molecule has 2 heterocycles. The zero-order chi connectivity index (χ0) is 23.4. The zero-order valence-electron chi connectivity index (χ0n) is 19.1. The average molecular weight is 444 g/mol. The van der Waals surface area contributed by atoms with Crippen molar-refractivity contribution < 1.29 is 4.74 Å². The van der Waals surface area contributed by atoms with E-state index in [-0.39, 0.29) is 12.3 Å². The molecule has 4 aromatic rings. The van der Waals surface area contributed by atoms with Crippen molar-refractivity contribution in [3.8, 4) is 5.69 Å². The average Bonchev–Trinajstić information content (AvgIpc) is 3.17. The SMILES string of the molecule is CCC(=NN=C(C)c1cnc2ccccc2c1)OCc1c(C)cccc1-n1nnn(C)c1=O. The second-order valence-corrected chi connectivity index (χ2v) is 7.61. The topological polar surface area (TPSA) is 99.5 Å². The highest BCUT2D eigenvalue weighted by molar-refractivity contribution is 6.01. The summed E-state index contributed by atoms with van der Waals surface area (Å²) < 4.78 is 8.43. The highest BCUT2D eigenvalue weighted by Crippen LogP contribution is 2.18. The van der Waals surface area contributed by atoms with Crippen molar-refractivity contribution in [1.82, 2.24) is 24.8 Å². The lowest BCUT2D eigenvalue weighted by molar-refractivity contribution is 0.282. The molecule has 0 amide bonds. The van der Waals surface area contributed by atoms with Gasteiger partial charge in [0.05, 0.1) is 16.9 Å². The van der Waals surface area contributed by atoms with Gasteiger partial charge in [-0.3, -0.25) is 4.98 Å². The third-order valence-corrected chi connectivity index (χ3v) is 5.34. The van der Waals surface area contributed by atoms with Crippen molar-refractivity contribution >= 4 is 22.5 Å². The molecule has 0 aliphatic heterocycles. The van der Waals surface area contributed by atoms with Gasteiger partial charge in [-0.15, -0.1) is 5.10 Å². The fourth-order valence-electron chi connectivity index (χ4n) is 3.35. The number of fused-ring (bicyclic) bond motifs is 1. The van der Waals surface area contributed by atoms with Crippen LogP contribution in [-0.2, 0) is 18.4 Å². The van der Waals surface area contributed by atoms with Gasteiger partial charge in [-0.05, 0) is 48.0 Å². The van der Waals surface area contributed by atoms with Gasteiger partial charge in [0.25, 0.3) is 0 Å². The first kappa shape index (κ1) is 22.1. The minimum absolute atomic E-state index is 0.226. The van der Waals surface area contributed by atoms with Crippen LogP contribution in [0.1, 0.15) is 37.0 Å². The quantitative estimate of drug-likeness (QED) is 0.258. The van der Waals surface area contributed by atoms with E-state index < -0.39 is 0 Å². The van der Waals surface area contributed by atoms with Crippen LogP contribution in [-0.4, -0.2) is 36.4 Å². The molecule has 0 unspecified atom stereocenters. The Hall–Kier alpha value is -4.14. The maximum atomic E-state index is 12.3. The first-order valence-corrected chi connectivity index (χ1v) is 10.6. The molecule has 2 aromatic carbocycles. The van der Waals surface area contributed by atoms with E-state index in [0.717, 1.165) is 33.3 Å². The number of tetrazole rings is 1. The summed E-state index contributed by atoms with van der Waals surface area (Å²) in [5, 5.41) is 17.5. The first-order valence-electron chi connectivity index (χ1n) is 10.6. The van der Waals surface area contributed by atoms with Gasteiger partial charge in [0.1, 0.15) is 6.61 Å². The van der Waals surface area contributed by atoms with E-state index in [4.69, 9.17) is 4.74 Å². The molecule has 0 aliphatic rings. The molecule has 0 radical (unpaired) electrons. The fourth-order valence-corrected chi connectivity index (χ4v) is 3.35. The summed E-state index contributed by atoms with van der Waals surface area (Å²) in [4.78, 5) is 16.8. The number of benzene rings is 2. The molecule has 0 atom stereocenters. The number of rotatable bonds is 6. The summed E-state index contributed by atoms with van der Waals surface area (Å²) in [5.41, 5.74) is 4.69. The van der Waals surface area contributed by atoms with Crippen LogP contribution in [0, 0.1) is 6.92 Å². The van der Waals surface area contributed by atoms with Gasteiger partial charge in [-0.1, -0.05) is 37.3 Å². The number of hydrogen-bond donors (Lipinski definition) is 0. The molecule has 2 aromatic heterocycles. The van der Waals surface area contributed by atoms with Crippen LogP contribution in [0.15, 0.2) is 69.7 Å². The second kappa shape index (κ2) is 9.56. The molecule has 0 N–H and O–H groups in total. The minimum Gasteiger partial charge on any atom is -0.475 e. The molecule has 168 valence electrons. The summed E-state index contributed by atoms with van der Waals surface area (Å²) in [6.07, 6.45) is 2.36. The van der Waals surface area contributed by atoms with Crippen LogP contribution in [0.5, 0.6) is 0 Å². The number of nitrogens with zero attached hydrogens (tertiary/aromatic N) is 7. The Balaban J connectivity index is 1.56. The van der Waals surface area contributed by atoms with E-state index in [1.54, 1.807) is 13.2 Å². The molecule has 0 aliphatic carbocycles. The molecule has 0 saturated heterocycles. The Bertz CT molecular complexity index is 1420. The summed E-state index contributed by atoms with van der Waals surface area (Å²) in [6, 6.07) is 15.6. The van der Waals surface area contributed by atoms with Crippen molar-refractivity contribution in [2.45, 2.75) is 33.8 Å². The Morgan fingerprint density at radius 2 is 1.91 bits per heavy atom. The highest BCUT2D eigenvalue weighted by atomic mass is 16.5. The number of hydrogen-bond acceptors (Lipinski definition) is 7. The van der Waals surface area contributed by atoms with Gasteiger partial charge in [0, 0.05) is 36.2 Å². The highest BCUT2D eigenvalue weighted by Gasteiger charge is 2.14. The van der Waals surface area contributed by atoms with E-state index in [2.05, 4.69) is 25.6 Å². The molecule has 33 heavy (non-hydrogen) atoms. The van der Waals surface area contributed by atoms with E-state index in [9.17, 15) is 4.79 Å². The molecule has 0 bridgehead atoms. The van der Waals surface area contributed by atoms with Crippen LogP contribution in [0.3, 0.4) is 0 Å². The second-order valence-electron chi connectivity index (χ2n) is 7.61. The van der Waals surface area contributed by atoms with Gasteiger partial charge in [-0.25, -0.2) is 4.79 Å². The van der Waals surface area contributed by atoms with Crippen LogP contribution >= 0.6 is 0 Å². The Morgan fingerprint density at radius 3 is 2.67 bits per heavy atom. The van der Waals surface area contributed by atoms with Gasteiger partial charge >= 0.3 is 5.69 Å². The van der Waals surface area contributed by atoms with E-state index >= 15 is 0 Å². The number of ether oxygens (including phenoxy) is 1. The molecule has 9 nitrogen and oxygen atoms in total. The number of aryl methyl sites for hydroxylation is 2. The number of pyridine rings is 1. The molecule has 0 fully saturated rings. The molecule has 4 rings (SSSR count). The largest absolute Gasteiger partial charge is 0.475 e. The lowest BCUT2D eigenvalue weighted by Crippen LogP contribution is -2.23. The molecule has 0 spiro atoms. The zero-order valence-corrected chi connectivity index (χ0v) is 19.1. The Morgan fingerprint density at radius 1 is 1.09 bits per heavy atom. The lowest BCUT2D eigenvalue weighted by Gasteiger charge is -2.13. The minimum atomic E-state index is -0.324. The van der Waals surface area contributed by atoms with Gasteiger partial charge in [0.2, 0.25) is 5.90 Å². The van der Waals surface area contributed by atoms with Gasteiger partial charge in [-0.2, -0.15) is 14.5 Å². The van der Waals surface area contributed by atoms with Crippen molar-refractivity contribution in [2.24, 2.45) is 17.3 Å². The van der Waals surface area contributed by atoms with Crippen LogP contribution < -0.4 is 5.69 Å². The van der Waals surface area contributed by atoms with Crippen LogP contribution in [0.4, 0.5) is 0 Å². The van der Waals surface area contributed by atoms with E-state index in [0.29, 0.717) is 18.0 Å². The maximum Gasteiger partial charge on any atom is 0.368 e. The van der Waals surface area contributed by atoms with Crippen molar-refractivity contribution in [3.05, 3.63) is 81.9 Å². The summed E-state index contributed by atoms with van der Waals surface area (Å²) in [6.45, 7) is 6.03. The fraction of sp³-hybridized carbons (Fsp3) is 0.250. The van der Waals surface area contributed by atoms with Gasteiger partial charge < -0.3 is 4.74 Å². The standard InChI is InChI=1S/C24H25N7O2/c1-5-23(27-26-17(3)19-13-18-10-6-7-11-21(18)25-14-19)33-15-20-16(2)9-8-12-22(20)31-24(32)30(4)28-29-31/h6-14H,5,15H2,1-4H3. The van der Waals surface area contributed by atoms with E-state index in [1.807, 2.05) is 69.3 Å². The third kappa shape index (κ3) is 4.72. The predicted octanol–water partition coefficient (Wildman–Crippen LogP) is 3.57. The molecule has 9 heteroatoms. The first-order chi connectivity index (χ1) is 16.0. The van der Waals surface area contributed by atoms with Gasteiger partial charge in [0.15, 0.2) is 0 Å². The third-order valence-electron chi connectivity index (χ3n) is 5.34. The number of para-hydroxylation sites is 1. The van der Waals surface area contributed by atoms with Crippen molar-refractivity contribution in [3.63, 3.8) is 0 Å². The van der Waals surface area contributed by atoms with Crippen LogP contribution in [0.25, 0.3) is 16.6 Å². The summed E-state index contributed by atoms with van der Waals surface area (Å²) in [5.74, 6) is 0.490. The van der Waals surface area contributed by atoms with Crippen molar-refractivity contribution in [2.75, 3.05) is 0 Å². The Labute approximate surface area is 191 Å². The molecular formula is C24H25N7O2. The smallest absolute Gasteiger partial charge is 0.368 e. The molecular weight excluding hydrogens is 418 g/mol. The Kier molecular flexibility index (Phi) is 6.39. The van der Waals surface area contributed by atoms with E-state index in [1.165, 1.54) is 9.36 Å². The molecule has 0 saturated carbocycles. The monoisotopic (exact) mass is 443 g/mol. The summed E-state index contributed by atoms with van der Waals surface area (Å²) in [7, 11) is 1.56. The number of aromatic nitrogens is 5. The summed E-state index contributed by atoms with van der Waals surface area (Å²) >= 11 is 0. The lowest BCUT2D eigenvalue weighted by atomic mass is 10.1. The predicted molar refractivity (Wildman–Crippen MR) is 128 cm³/mol. The van der Waals surface area contributed by atoms with Crippen molar-refractivity contribution in [1.29, 1.82) is 0 Å². The van der Waals surface area contributed by atoms with Crippen LogP contribution in [0.2, 0.25) is 0 Å². The normalized spacial score (nSPS) is 12.4.